The van der Waals surface area contributed by atoms with Crippen LogP contribution in [0, 0.1) is 12.8 Å². The van der Waals surface area contributed by atoms with Crippen LogP contribution in [0.2, 0.25) is 0 Å². The fourth-order valence-electron chi connectivity index (χ4n) is 3.49. The molecule has 7 nitrogen and oxygen atoms in total. The van der Waals surface area contributed by atoms with Gasteiger partial charge in [-0.1, -0.05) is 13.0 Å². The van der Waals surface area contributed by atoms with E-state index in [1.165, 1.54) is 5.56 Å². The summed E-state index contributed by atoms with van der Waals surface area (Å²) in [5.41, 5.74) is 8.42. The monoisotopic (exact) mass is 357 g/mol. The van der Waals surface area contributed by atoms with Crippen LogP contribution >= 0.6 is 0 Å². The minimum absolute atomic E-state index is 0.0222. The van der Waals surface area contributed by atoms with E-state index in [1.807, 2.05) is 26.0 Å². The number of primary amides is 1. The first-order valence-electron chi connectivity index (χ1n) is 9.23. The number of carbonyl (C=O) groups excluding carboxylic acids is 2. The zero-order chi connectivity index (χ0) is 18.7. The number of imidazole rings is 1. The van der Waals surface area contributed by atoms with Crippen LogP contribution in [0.15, 0.2) is 18.2 Å². The van der Waals surface area contributed by atoms with E-state index >= 15 is 0 Å². The van der Waals surface area contributed by atoms with Crippen LogP contribution in [0.3, 0.4) is 0 Å². The van der Waals surface area contributed by atoms with Gasteiger partial charge < -0.3 is 16.0 Å². The Hall–Kier alpha value is -2.41. The average molecular weight is 357 g/mol. The number of hydrogen-bond acceptors (Lipinski definition) is 4. The van der Waals surface area contributed by atoms with Crippen molar-refractivity contribution in [1.82, 2.24) is 20.2 Å². The molecule has 26 heavy (non-hydrogen) atoms. The van der Waals surface area contributed by atoms with Crippen molar-refractivity contribution < 1.29 is 9.59 Å². The van der Waals surface area contributed by atoms with Crippen molar-refractivity contribution in [3.8, 4) is 0 Å². The number of H-pyrrole nitrogens is 1. The molecule has 0 spiro atoms. The van der Waals surface area contributed by atoms with Gasteiger partial charge in [-0.25, -0.2) is 4.98 Å². The molecule has 1 aliphatic rings. The fourth-order valence-corrected chi connectivity index (χ4v) is 3.49. The highest BCUT2D eigenvalue weighted by Gasteiger charge is 2.25. The molecule has 3 rings (SSSR count). The first-order valence-corrected chi connectivity index (χ1v) is 9.23. The van der Waals surface area contributed by atoms with Crippen LogP contribution in [-0.4, -0.2) is 46.3 Å². The van der Waals surface area contributed by atoms with Gasteiger partial charge in [0.15, 0.2) is 0 Å². The first-order chi connectivity index (χ1) is 12.5. The average Bonchev–Trinajstić information content (AvgIpc) is 3.03. The number of aryl methyl sites for hydroxylation is 1. The molecule has 1 fully saturated rings. The van der Waals surface area contributed by atoms with E-state index in [0.29, 0.717) is 6.54 Å². The molecule has 1 aromatic carbocycles. The van der Waals surface area contributed by atoms with E-state index < -0.39 is 0 Å². The number of aromatic amines is 1. The van der Waals surface area contributed by atoms with Crippen molar-refractivity contribution in [1.29, 1.82) is 0 Å². The molecule has 2 heterocycles. The van der Waals surface area contributed by atoms with Gasteiger partial charge in [0.2, 0.25) is 11.8 Å². The van der Waals surface area contributed by atoms with Gasteiger partial charge in [-0.3, -0.25) is 14.5 Å². The number of nitrogens with one attached hydrogen (secondary N) is 2. The Morgan fingerprint density at radius 3 is 2.77 bits per heavy atom. The Morgan fingerprint density at radius 2 is 2.12 bits per heavy atom. The fraction of sp³-hybridized carbons (Fsp3) is 0.526. The standard InChI is InChI=1S/C19H27N5O2/c1-3-14(19-22-15-5-4-12(2)10-16(15)23-19)21-17(25)11-24-8-6-13(7-9-24)18(20)26/h4-5,10,13-14H,3,6-9,11H2,1-2H3,(H2,20,26)(H,21,25)(H,22,23)/t14-/m0/s1. The summed E-state index contributed by atoms with van der Waals surface area (Å²) >= 11 is 0. The molecule has 2 amide bonds. The summed E-state index contributed by atoms with van der Waals surface area (Å²) in [6, 6.07) is 5.94. The summed E-state index contributed by atoms with van der Waals surface area (Å²) in [6.07, 6.45) is 2.21. The molecule has 1 atom stereocenters. The summed E-state index contributed by atoms with van der Waals surface area (Å²) in [5, 5.41) is 3.07. The molecular weight excluding hydrogens is 330 g/mol. The second-order valence-corrected chi connectivity index (χ2v) is 7.12. The van der Waals surface area contributed by atoms with Gasteiger partial charge in [0.25, 0.3) is 0 Å². The number of rotatable bonds is 6. The van der Waals surface area contributed by atoms with Gasteiger partial charge in [0.1, 0.15) is 5.82 Å². The Labute approximate surface area is 153 Å². The first kappa shape index (κ1) is 18.4. The lowest BCUT2D eigenvalue weighted by Gasteiger charge is -2.30. The van der Waals surface area contributed by atoms with Gasteiger partial charge >= 0.3 is 0 Å². The molecule has 0 bridgehead atoms. The third-order valence-electron chi connectivity index (χ3n) is 5.09. The number of aromatic nitrogens is 2. The number of benzene rings is 1. The number of carbonyl (C=O) groups is 2. The SMILES string of the molecule is CC[C@H](NC(=O)CN1CCC(C(N)=O)CC1)c1nc2ccc(C)cc2[nH]1. The van der Waals surface area contributed by atoms with Gasteiger partial charge in [0.05, 0.1) is 23.6 Å². The highest BCUT2D eigenvalue weighted by atomic mass is 16.2. The van der Waals surface area contributed by atoms with Gasteiger partial charge in [0, 0.05) is 5.92 Å². The predicted molar refractivity (Wildman–Crippen MR) is 100 cm³/mol. The Kier molecular flexibility index (Phi) is 5.56. The highest BCUT2D eigenvalue weighted by Crippen LogP contribution is 2.20. The lowest BCUT2D eigenvalue weighted by atomic mass is 9.96. The number of hydrogen-bond donors (Lipinski definition) is 3. The third-order valence-corrected chi connectivity index (χ3v) is 5.09. The summed E-state index contributed by atoms with van der Waals surface area (Å²) in [5.74, 6) is 0.469. The van der Waals surface area contributed by atoms with Crippen molar-refractivity contribution >= 4 is 22.8 Å². The smallest absolute Gasteiger partial charge is 0.234 e. The quantitative estimate of drug-likeness (QED) is 0.731. The number of amides is 2. The zero-order valence-electron chi connectivity index (χ0n) is 15.4. The summed E-state index contributed by atoms with van der Waals surface area (Å²) in [4.78, 5) is 33.7. The third kappa shape index (κ3) is 4.22. The molecule has 0 unspecified atom stereocenters. The van der Waals surface area contributed by atoms with E-state index in [2.05, 4.69) is 26.3 Å². The van der Waals surface area contributed by atoms with Crippen LogP contribution in [0.25, 0.3) is 11.0 Å². The number of piperidine rings is 1. The van der Waals surface area contributed by atoms with Crippen molar-refractivity contribution in [3.05, 3.63) is 29.6 Å². The largest absolute Gasteiger partial charge is 0.369 e. The van der Waals surface area contributed by atoms with Crippen LogP contribution in [0.1, 0.15) is 43.6 Å². The van der Waals surface area contributed by atoms with Crippen molar-refractivity contribution in [2.24, 2.45) is 11.7 Å². The van der Waals surface area contributed by atoms with E-state index in [1.54, 1.807) is 0 Å². The second kappa shape index (κ2) is 7.86. The minimum Gasteiger partial charge on any atom is -0.369 e. The van der Waals surface area contributed by atoms with Crippen LogP contribution in [-0.2, 0) is 9.59 Å². The van der Waals surface area contributed by atoms with Gasteiger partial charge in [-0.05, 0) is 57.0 Å². The number of nitrogens with zero attached hydrogens (tertiary/aromatic N) is 2. The molecule has 4 N–H and O–H groups in total. The maximum atomic E-state index is 12.5. The lowest BCUT2D eigenvalue weighted by molar-refractivity contribution is -0.124. The van der Waals surface area contributed by atoms with Gasteiger partial charge in [-0.15, -0.1) is 0 Å². The van der Waals surface area contributed by atoms with Crippen LogP contribution in [0.4, 0.5) is 0 Å². The molecule has 7 heteroatoms. The summed E-state index contributed by atoms with van der Waals surface area (Å²) in [7, 11) is 0. The molecule has 0 aliphatic carbocycles. The van der Waals surface area contributed by atoms with E-state index in [0.717, 1.165) is 49.2 Å². The van der Waals surface area contributed by atoms with E-state index in [4.69, 9.17) is 5.73 Å². The number of fused-ring (bicyclic) bond motifs is 1. The topological polar surface area (TPSA) is 104 Å². The Balaban J connectivity index is 1.59. The number of nitrogens with two attached hydrogens (primary N) is 1. The maximum Gasteiger partial charge on any atom is 0.234 e. The van der Waals surface area contributed by atoms with E-state index in [-0.39, 0.29) is 23.8 Å². The van der Waals surface area contributed by atoms with E-state index in [9.17, 15) is 9.59 Å². The molecule has 0 saturated carbocycles. The highest BCUT2D eigenvalue weighted by molar-refractivity contribution is 5.79. The Morgan fingerprint density at radius 1 is 1.38 bits per heavy atom. The molecule has 2 aromatic rings. The molecule has 1 saturated heterocycles. The lowest BCUT2D eigenvalue weighted by Crippen LogP contribution is -2.44. The number of likely N-dealkylation sites (tertiary alicyclic amines) is 1. The molecule has 140 valence electrons. The summed E-state index contributed by atoms with van der Waals surface area (Å²) in [6.45, 7) is 5.85. The summed E-state index contributed by atoms with van der Waals surface area (Å²) < 4.78 is 0. The molecule has 0 radical (unpaired) electrons. The maximum absolute atomic E-state index is 12.5. The second-order valence-electron chi connectivity index (χ2n) is 7.12. The van der Waals surface area contributed by atoms with Gasteiger partial charge in [-0.2, -0.15) is 0 Å². The minimum atomic E-state index is -0.236. The molecule has 1 aliphatic heterocycles. The van der Waals surface area contributed by atoms with Crippen molar-refractivity contribution in [3.63, 3.8) is 0 Å². The van der Waals surface area contributed by atoms with Crippen molar-refractivity contribution in [2.45, 2.75) is 39.2 Å². The normalized spacial score (nSPS) is 17.3. The molecule has 1 aromatic heterocycles. The predicted octanol–water partition coefficient (Wildman–Crippen LogP) is 1.64. The van der Waals surface area contributed by atoms with Crippen LogP contribution in [0.5, 0.6) is 0 Å². The Bertz CT molecular complexity index is 792. The molecular formula is C19H27N5O2. The zero-order valence-corrected chi connectivity index (χ0v) is 15.4. The van der Waals surface area contributed by atoms with Crippen LogP contribution < -0.4 is 11.1 Å². The van der Waals surface area contributed by atoms with Crippen molar-refractivity contribution in [2.75, 3.05) is 19.6 Å².